The Morgan fingerprint density at radius 2 is 1.68 bits per heavy atom. The van der Waals surface area contributed by atoms with Gasteiger partial charge in [0.2, 0.25) is 10.0 Å². The average molecular weight is 284 g/mol. The van der Waals surface area contributed by atoms with Gasteiger partial charge in [0.15, 0.2) is 0 Å². The number of sulfonamides is 1. The standard InChI is InChI=1S/C14H24N2O2S/c1-5-12(4)10-15-13-6-8-14(9-7-13)19(17,18)16-11(2)3/h6-9,11-12,15-16H,5,10H2,1-4H3. The van der Waals surface area contributed by atoms with Gasteiger partial charge in [0.25, 0.3) is 0 Å². The van der Waals surface area contributed by atoms with Crippen LogP contribution in [-0.2, 0) is 10.0 Å². The van der Waals surface area contributed by atoms with Crippen LogP contribution >= 0.6 is 0 Å². The van der Waals surface area contributed by atoms with E-state index in [0.717, 1.165) is 18.7 Å². The summed E-state index contributed by atoms with van der Waals surface area (Å²) in [7, 11) is -3.39. The Bertz CT molecular complexity index is 481. The van der Waals surface area contributed by atoms with Crippen LogP contribution in [0.3, 0.4) is 0 Å². The Balaban J connectivity index is 2.71. The minimum absolute atomic E-state index is 0.104. The van der Waals surface area contributed by atoms with E-state index in [4.69, 9.17) is 0 Å². The molecule has 0 fully saturated rings. The number of hydrogen-bond acceptors (Lipinski definition) is 3. The third-order valence-corrected chi connectivity index (χ3v) is 4.58. The van der Waals surface area contributed by atoms with E-state index in [1.165, 1.54) is 0 Å². The van der Waals surface area contributed by atoms with Crippen LogP contribution in [0.1, 0.15) is 34.1 Å². The lowest BCUT2D eigenvalue weighted by molar-refractivity contribution is 0.570. The Morgan fingerprint density at radius 1 is 1.11 bits per heavy atom. The van der Waals surface area contributed by atoms with E-state index in [9.17, 15) is 8.42 Å². The molecule has 19 heavy (non-hydrogen) atoms. The van der Waals surface area contributed by atoms with Crippen molar-refractivity contribution in [3.63, 3.8) is 0 Å². The van der Waals surface area contributed by atoms with Crippen LogP contribution in [0.5, 0.6) is 0 Å². The maximum atomic E-state index is 11.9. The topological polar surface area (TPSA) is 58.2 Å². The molecule has 5 heteroatoms. The lowest BCUT2D eigenvalue weighted by atomic mass is 10.1. The third kappa shape index (κ3) is 5.20. The van der Waals surface area contributed by atoms with Crippen LogP contribution in [0.4, 0.5) is 5.69 Å². The maximum Gasteiger partial charge on any atom is 0.240 e. The zero-order valence-corrected chi connectivity index (χ0v) is 12.9. The molecule has 0 radical (unpaired) electrons. The molecule has 0 saturated carbocycles. The molecule has 1 atom stereocenters. The molecular formula is C14H24N2O2S. The van der Waals surface area contributed by atoms with Gasteiger partial charge in [-0.15, -0.1) is 0 Å². The summed E-state index contributed by atoms with van der Waals surface area (Å²) in [6.07, 6.45) is 1.12. The highest BCUT2D eigenvalue weighted by atomic mass is 32.2. The van der Waals surface area contributed by atoms with Crippen molar-refractivity contribution in [3.8, 4) is 0 Å². The SMILES string of the molecule is CCC(C)CNc1ccc(S(=O)(=O)NC(C)C)cc1. The number of nitrogens with one attached hydrogen (secondary N) is 2. The normalized spacial score (nSPS) is 13.5. The molecule has 0 amide bonds. The first-order chi connectivity index (χ1) is 8.85. The minimum Gasteiger partial charge on any atom is -0.385 e. The lowest BCUT2D eigenvalue weighted by Crippen LogP contribution is -2.30. The molecule has 1 aromatic rings. The summed E-state index contributed by atoms with van der Waals surface area (Å²) in [6, 6.07) is 6.76. The molecule has 0 aliphatic heterocycles. The highest BCUT2D eigenvalue weighted by molar-refractivity contribution is 7.89. The number of hydrogen-bond donors (Lipinski definition) is 2. The van der Waals surface area contributed by atoms with E-state index in [2.05, 4.69) is 23.9 Å². The molecule has 0 aliphatic carbocycles. The van der Waals surface area contributed by atoms with Crippen LogP contribution < -0.4 is 10.0 Å². The Morgan fingerprint density at radius 3 is 2.16 bits per heavy atom. The van der Waals surface area contributed by atoms with Gasteiger partial charge in [0, 0.05) is 18.3 Å². The van der Waals surface area contributed by atoms with E-state index in [1.54, 1.807) is 38.1 Å². The van der Waals surface area contributed by atoms with Gasteiger partial charge in [-0.3, -0.25) is 0 Å². The second-order valence-corrected chi connectivity index (χ2v) is 6.91. The van der Waals surface area contributed by atoms with E-state index >= 15 is 0 Å². The van der Waals surface area contributed by atoms with Crippen molar-refractivity contribution in [1.82, 2.24) is 4.72 Å². The molecular weight excluding hydrogens is 260 g/mol. The lowest BCUT2D eigenvalue weighted by Gasteiger charge is -2.13. The predicted molar refractivity (Wildman–Crippen MR) is 79.8 cm³/mol. The monoisotopic (exact) mass is 284 g/mol. The fourth-order valence-electron chi connectivity index (χ4n) is 1.57. The number of rotatable bonds is 7. The van der Waals surface area contributed by atoms with Gasteiger partial charge in [-0.2, -0.15) is 0 Å². The van der Waals surface area contributed by atoms with Crippen molar-refractivity contribution >= 4 is 15.7 Å². The molecule has 0 bridgehead atoms. The van der Waals surface area contributed by atoms with Crippen molar-refractivity contribution < 1.29 is 8.42 Å². The first-order valence-electron chi connectivity index (χ1n) is 6.71. The number of anilines is 1. The summed E-state index contributed by atoms with van der Waals surface area (Å²) in [6.45, 7) is 8.84. The fourth-order valence-corrected chi connectivity index (χ4v) is 2.82. The molecule has 4 nitrogen and oxygen atoms in total. The van der Waals surface area contributed by atoms with E-state index < -0.39 is 10.0 Å². The number of benzene rings is 1. The van der Waals surface area contributed by atoms with Crippen LogP contribution in [0.2, 0.25) is 0 Å². The largest absolute Gasteiger partial charge is 0.385 e. The third-order valence-electron chi connectivity index (χ3n) is 2.91. The molecule has 0 saturated heterocycles. The van der Waals surface area contributed by atoms with E-state index in [-0.39, 0.29) is 6.04 Å². The van der Waals surface area contributed by atoms with Crippen LogP contribution in [0.15, 0.2) is 29.2 Å². The second-order valence-electron chi connectivity index (χ2n) is 5.19. The minimum atomic E-state index is -3.39. The zero-order valence-electron chi connectivity index (χ0n) is 12.1. The average Bonchev–Trinajstić information content (AvgIpc) is 2.35. The summed E-state index contributed by atoms with van der Waals surface area (Å²) in [5.41, 5.74) is 0.948. The summed E-state index contributed by atoms with van der Waals surface area (Å²) in [5, 5.41) is 3.30. The Labute approximate surface area is 116 Å². The van der Waals surface area contributed by atoms with Gasteiger partial charge in [0.1, 0.15) is 0 Å². The van der Waals surface area contributed by atoms with Crippen molar-refractivity contribution in [2.45, 2.75) is 45.1 Å². The van der Waals surface area contributed by atoms with Crippen molar-refractivity contribution in [2.24, 2.45) is 5.92 Å². The predicted octanol–water partition coefficient (Wildman–Crippen LogP) is 2.83. The van der Waals surface area contributed by atoms with Gasteiger partial charge in [0.05, 0.1) is 4.90 Å². The smallest absolute Gasteiger partial charge is 0.240 e. The molecule has 1 aromatic carbocycles. The summed E-state index contributed by atoms with van der Waals surface area (Å²) in [5.74, 6) is 0.603. The van der Waals surface area contributed by atoms with Gasteiger partial charge in [-0.05, 0) is 44.0 Å². The maximum absolute atomic E-state index is 11.9. The van der Waals surface area contributed by atoms with Gasteiger partial charge in [-0.25, -0.2) is 13.1 Å². The first-order valence-corrected chi connectivity index (χ1v) is 8.19. The van der Waals surface area contributed by atoms with Crippen LogP contribution in [0.25, 0.3) is 0 Å². The second kappa shape index (κ2) is 6.91. The van der Waals surface area contributed by atoms with Gasteiger partial charge >= 0.3 is 0 Å². The molecule has 0 heterocycles. The molecule has 108 valence electrons. The first kappa shape index (κ1) is 16.0. The van der Waals surface area contributed by atoms with Gasteiger partial charge in [-0.1, -0.05) is 20.3 Å². The molecule has 0 spiro atoms. The quantitative estimate of drug-likeness (QED) is 0.809. The molecule has 1 rings (SSSR count). The van der Waals surface area contributed by atoms with E-state index in [0.29, 0.717) is 10.8 Å². The van der Waals surface area contributed by atoms with E-state index in [1.807, 2.05) is 0 Å². The van der Waals surface area contributed by atoms with Crippen molar-refractivity contribution in [2.75, 3.05) is 11.9 Å². The van der Waals surface area contributed by atoms with Gasteiger partial charge < -0.3 is 5.32 Å². The summed E-state index contributed by atoms with van der Waals surface area (Å²) < 4.78 is 26.4. The summed E-state index contributed by atoms with van der Waals surface area (Å²) in [4.78, 5) is 0.301. The van der Waals surface area contributed by atoms with Crippen molar-refractivity contribution in [1.29, 1.82) is 0 Å². The van der Waals surface area contributed by atoms with Crippen LogP contribution in [-0.4, -0.2) is 21.0 Å². The molecule has 1 unspecified atom stereocenters. The Hall–Kier alpha value is -1.07. The zero-order chi connectivity index (χ0) is 14.5. The highest BCUT2D eigenvalue weighted by Crippen LogP contribution is 2.15. The molecule has 0 aromatic heterocycles. The molecule has 0 aliphatic rings. The van der Waals surface area contributed by atoms with Crippen molar-refractivity contribution in [3.05, 3.63) is 24.3 Å². The summed E-state index contributed by atoms with van der Waals surface area (Å²) >= 11 is 0. The van der Waals surface area contributed by atoms with Crippen LogP contribution in [0, 0.1) is 5.92 Å². The Kier molecular flexibility index (Phi) is 5.82. The highest BCUT2D eigenvalue weighted by Gasteiger charge is 2.14. The molecule has 2 N–H and O–H groups in total. The fraction of sp³-hybridized carbons (Fsp3) is 0.571.